The van der Waals surface area contributed by atoms with E-state index in [1.165, 1.54) is 11.8 Å². The molecule has 0 saturated carbocycles. The summed E-state index contributed by atoms with van der Waals surface area (Å²) in [6, 6.07) is -4.00. The van der Waals surface area contributed by atoms with Crippen molar-refractivity contribution in [3.63, 3.8) is 0 Å². The minimum absolute atomic E-state index is 0.0405. The van der Waals surface area contributed by atoms with Gasteiger partial charge >= 0.3 is 5.97 Å². The number of hydrogen-bond donors (Lipinski definition) is 5. The van der Waals surface area contributed by atoms with Gasteiger partial charge in [0.15, 0.2) is 0 Å². The highest BCUT2D eigenvalue weighted by molar-refractivity contribution is 5.94. The van der Waals surface area contributed by atoms with Gasteiger partial charge in [0.05, 0.1) is 12.1 Å². The summed E-state index contributed by atoms with van der Waals surface area (Å²) in [6.45, 7) is 9.02. The largest absolute Gasteiger partial charge is 0.480 e. The van der Waals surface area contributed by atoms with E-state index in [0.29, 0.717) is 25.8 Å². The van der Waals surface area contributed by atoms with Crippen LogP contribution in [-0.2, 0) is 19.2 Å². The Hall–Kier alpha value is -2.20. The number of carboxylic acids is 1. The van der Waals surface area contributed by atoms with E-state index in [4.69, 9.17) is 5.73 Å². The number of rotatable bonds is 11. The van der Waals surface area contributed by atoms with Gasteiger partial charge in [-0.3, -0.25) is 14.4 Å². The Kier molecular flexibility index (Phi) is 10.4. The minimum Gasteiger partial charge on any atom is -0.480 e. The SMILES string of the molecule is CCC(C)C(N)C(=O)N1CCCC1C(=O)NC(C(=O)NC(C(=O)O)C(C)CC)C(C)O. The molecular weight excluding hydrogens is 404 g/mol. The van der Waals surface area contributed by atoms with Crippen LogP contribution in [0.15, 0.2) is 0 Å². The van der Waals surface area contributed by atoms with Crippen LogP contribution in [0.4, 0.5) is 0 Å². The average Bonchev–Trinajstić information content (AvgIpc) is 3.22. The molecule has 0 spiro atoms. The highest BCUT2D eigenvalue weighted by Gasteiger charge is 2.39. The molecule has 1 rings (SSSR count). The monoisotopic (exact) mass is 442 g/mol. The molecule has 10 nitrogen and oxygen atoms in total. The summed E-state index contributed by atoms with van der Waals surface area (Å²) < 4.78 is 0. The fourth-order valence-electron chi connectivity index (χ4n) is 3.57. The van der Waals surface area contributed by atoms with Gasteiger partial charge in [0.25, 0.3) is 0 Å². The summed E-state index contributed by atoms with van der Waals surface area (Å²) in [5.74, 6) is -3.24. The Morgan fingerprint density at radius 3 is 2.10 bits per heavy atom. The molecule has 0 aromatic carbocycles. The van der Waals surface area contributed by atoms with E-state index in [2.05, 4.69) is 10.6 Å². The first-order chi connectivity index (χ1) is 14.5. The fraction of sp³-hybridized carbons (Fsp3) is 0.810. The standard InChI is InChI=1S/C21H38N4O6/c1-6-11(3)15(22)20(29)25-10-8-9-14(25)18(27)24-17(13(5)26)19(28)23-16(21(30)31)12(4)7-2/h11-17,26H,6-10,22H2,1-5H3,(H,23,28)(H,24,27)(H,30,31). The Balaban J connectivity index is 2.92. The number of hydrogen-bond acceptors (Lipinski definition) is 6. The number of aliphatic carboxylic acids is 1. The zero-order valence-electron chi connectivity index (χ0n) is 19.1. The number of nitrogens with zero attached hydrogens (tertiary/aromatic N) is 1. The summed E-state index contributed by atoms with van der Waals surface area (Å²) in [4.78, 5) is 51.3. The van der Waals surface area contributed by atoms with E-state index in [1.54, 1.807) is 13.8 Å². The molecule has 0 bridgehead atoms. The maximum atomic E-state index is 12.9. The molecule has 1 fully saturated rings. The number of aliphatic hydroxyl groups is 1. The number of likely N-dealkylation sites (tertiary alicyclic amines) is 1. The van der Waals surface area contributed by atoms with Gasteiger partial charge in [0, 0.05) is 6.54 Å². The Bertz CT molecular complexity index is 656. The molecule has 1 aliphatic rings. The van der Waals surface area contributed by atoms with Crippen molar-refractivity contribution in [2.24, 2.45) is 17.6 Å². The Morgan fingerprint density at radius 2 is 1.61 bits per heavy atom. The minimum atomic E-state index is -1.35. The molecule has 0 aromatic rings. The van der Waals surface area contributed by atoms with E-state index in [0.717, 1.165) is 6.42 Å². The topological polar surface area (TPSA) is 162 Å². The molecule has 178 valence electrons. The van der Waals surface area contributed by atoms with Gasteiger partial charge in [-0.2, -0.15) is 0 Å². The molecule has 0 aromatic heterocycles. The molecule has 0 radical (unpaired) electrons. The van der Waals surface area contributed by atoms with Crippen molar-refractivity contribution in [3.05, 3.63) is 0 Å². The molecule has 0 aliphatic carbocycles. The maximum absolute atomic E-state index is 12.9. The molecule has 1 saturated heterocycles. The highest BCUT2D eigenvalue weighted by Crippen LogP contribution is 2.21. The predicted octanol–water partition coefficient (Wildman–Crippen LogP) is -0.168. The predicted molar refractivity (Wildman–Crippen MR) is 115 cm³/mol. The number of nitrogens with two attached hydrogens (primary N) is 1. The third-order valence-electron chi connectivity index (χ3n) is 6.22. The first kappa shape index (κ1) is 26.8. The van der Waals surface area contributed by atoms with Crippen LogP contribution in [0.3, 0.4) is 0 Å². The van der Waals surface area contributed by atoms with Crippen LogP contribution in [-0.4, -0.2) is 75.6 Å². The summed E-state index contributed by atoms with van der Waals surface area (Å²) in [6.07, 6.45) is 1.03. The zero-order valence-corrected chi connectivity index (χ0v) is 19.1. The van der Waals surface area contributed by atoms with E-state index in [1.807, 2.05) is 13.8 Å². The van der Waals surface area contributed by atoms with Gasteiger partial charge in [0.2, 0.25) is 17.7 Å². The van der Waals surface area contributed by atoms with Crippen molar-refractivity contribution in [1.29, 1.82) is 0 Å². The van der Waals surface area contributed by atoms with Gasteiger partial charge in [-0.25, -0.2) is 4.79 Å². The third-order valence-corrected chi connectivity index (χ3v) is 6.22. The molecule has 10 heteroatoms. The number of amides is 3. The van der Waals surface area contributed by atoms with Crippen LogP contribution in [0.1, 0.15) is 60.3 Å². The second kappa shape index (κ2) is 12.0. The zero-order chi connectivity index (χ0) is 23.9. The number of carbonyl (C=O) groups is 4. The summed E-state index contributed by atoms with van der Waals surface area (Å²) in [5, 5.41) is 24.4. The van der Waals surface area contributed by atoms with Crippen molar-refractivity contribution in [2.75, 3.05) is 6.54 Å². The lowest BCUT2D eigenvalue weighted by atomic mass is 9.98. The van der Waals surface area contributed by atoms with Crippen molar-refractivity contribution < 1.29 is 29.4 Å². The van der Waals surface area contributed by atoms with Crippen LogP contribution in [0.25, 0.3) is 0 Å². The number of aliphatic hydroxyl groups excluding tert-OH is 1. The molecule has 7 atom stereocenters. The van der Waals surface area contributed by atoms with Gasteiger partial charge in [0.1, 0.15) is 18.1 Å². The summed E-state index contributed by atoms with van der Waals surface area (Å²) in [5.41, 5.74) is 6.05. The van der Waals surface area contributed by atoms with Crippen LogP contribution < -0.4 is 16.4 Å². The van der Waals surface area contributed by atoms with Crippen LogP contribution >= 0.6 is 0 Å². The second-order valence-corrected chi connectivity index (χ2v) is 8.54. The molecular formula is C21H38N4O6. The first-order valence-electron chi connectivity index (χ1n) is 11.0. The highest BCUT2D eigenvalue weighted by atomic mass is 16.4. The summed E-state index contributed by atoms with van der Waals surface area (Å²) >= 11 is 0. The van der Waals surface area contributed by atoms with E-state index >= 15 is 0 Å². The molecule has 1 heterocycles. The van der Waals surface area contributed by atoms with E-state index in [9.17, 15) is 29.4 Å². The molecule has 1 aliphatic heterocycles. The summed E-state index contributed by atoms with van der Waals surface area (Å²) in [7, 11) is 0. The van der Waals surface area contributed by atoms with Crippen LogP contribution in [0.5, 0.6) is 0 Å². The molecule has 7 unspecified atom stereocenters. The van der Waals surface area contributed by atoms with Gasteiger partial charge in [-0.15, -0.1) is 0 Å². The molecule has 3 amide bonds. The molecule has 6 N–H and O–H groups in total. The van der Waals surface area contributed by atoms with Crippen molar-refractivity contribution in [3.8, 4) is 0 Å². The van der Waals surface area contributed by atoms with E-state index < -0.39 is 48.1 Å². The number of carbonyl (C=O) groups excluding carboxylic acids is 3. The third kappa shape index (κ3) is 6.90. The normalized spacial score (nSPS) is 22.0. The smallest absolute Gasteiger partial charge is 0.326 e. The van der Waals surface area contributed by atoms with Crippen molar-refractivity contribution >= 4 is 23.7 Å². The van der Waals surface area contributed by atoms with Crippen molar-refractivity contribution in [2.45, 2.75) is 90.6 Å². The van der Waals surface area contributed by atoms with E-state index in [-0.39, 0.29) is 17.7 Å². The fourth-order valence-corrected chi connectivity index (χ4v) is 3.57. The van der Waals surface area contributed by atoms with Crippen LogP contribution in [0, 0.1) is 11.8 Å². The second-order valence-electron chi connectivity index (χ2n) is 8.54. The Morgan fingerprint density at radius 1 is 1.03 bits per heavy atom. The average molecular weight is 443 g/mol. The van der Waals surface area contributed by atoms with Gasteiger partial charge in [-0.1, -0.05) is 40.5 Å². The van der Waals surface area contributed by atoms with Gasteiger partial charge in [-0.05, 0) is 31.6 Å². The number of carboxylic acid groups (broad SMARTS) is 1. The first-order valence-corrected chi connectivity index (χ1v) is 11.0. The van der Waals surface area contributed by atoms with Gasteiger partial charge < -0.3 is 31.5 Å². The quantitative estimate of drug-likeness (QED) is 0.297. The number of nitrogens with one attached hydrogen (secondary N) is 2. The Labute approximate surface area is 183 Å². The lowest BCUT2D eigenvalue weighted by Crippen LogP contribution is -2.60. The maximum Gasteiger partial charge on any atom is 0.326 e. The van der Waals surface area contributed by atoms with Crippen LogP contribution in [0.2, 0.25) is 0 Å². The lowest BCUT2D eigenvalue weighted by molar-refractivity contribution is -0.145. The van der Waals surface area contributed by atoms with Crippen molar-refractivity contribution in [1.82, 2.24) is 15.5 Å². The lowest BCUT2D eigenvalue weighted by Gasteiger charge is -2.31. The molecule has 31 heavy (non-hydrogen) atoms.